The molecule has 1 saturated heterocycles. The fourth-order valence-electron chi connectivity index (χ4n) is 6.47. The summed E-state index contributed by atoms with van der Waals surface area (Å²) in [7, 11) is 5.15. The molecule has 0 bridgehead atoms. The second kappa shape index (κ2) is 17.0. The number of piperidine rings is 1. The van der Waals surface area contributed by atoms with Crippen LogP contribution < -0.4 is 19.5 Å². The maximum atomic E-state index is 13.7. The molecule has 1 aromatic heterocycles. The highest BCUT2D eigenvalue weighted by molar-refractivity contribution is 6.35. The first-order valence-corrected chi connectivity index (χ1v) is 17.1. The first kappa shape index (κ1) is 36.9. The molecule has 2 atom stereocenters. The van der Waals surface area contributed by atoms with Gasteiger partial charge in [-0.3, -0.25) is 10.5 Å². The summed E-state index contributed by atoms with van der Waals surface area (Å²) in [5.74, 6) is -0.882. The van der Waals surface area contributed by atoms with Crippen molar-refractivity contribution in [3.8, 4) is 11.5 Å². The second-order valence-electron chi connectivity index (χ2n) is 12.5. The normalized spacial score (nSPS) is 14.9. The third-order valence-corrected chi connectivity index (χ3v) is 9.88. The molecule has 3 aromatic carbocycles. The number of hydrogen-bond donors (Lipinski definition) is 3. The minimum absolute atomic E-state index is 0.0746. The van der Waals surface area contributed by atoms with E-state index >= 15 is 0 Å². The molecule has 1 unspecified atom stereocenters. The maximum Gasteiger partial charge on any atom is 0.335 e. The standard InChI is InChI=1S/C38H41Cl2N3O7/c1-42-16-14-24(15-17-42)23-50-38(46)36(25-8-5-4-6-9-25)41-20-27-10-7-11-28(37(44)45)35(27)29(19-30-31(39)21-43(47)22-32(30)40)26-12-13-33(48-2)34(18-26)49-3/h4-13,18,21-22,24,29,36,41H,14-17,19-20,23H2,1-3H3,(H-,44,45,47)/p+1/t29-,36?/m0/s1. The van der Waals surface area contributed by atoms with Crippen molar-refractivity contribution in [2.45, 2.75) is 37.8 Å². The Bertz CT molecular complexity index is 1780. The molecule has 0 radical (unpaired) electrons. The van der Waals surface area contributed by atoms with Gasteiger partial charge >= 0.3 is 11.9 Å². The molecule has 12 heteroatoms. The number of carboxylic acid groups (broad SMARTS) is 1. The number of carboxylic acids is 1. The molecule has 264 valence electrons. The summed E-state index contributed by atoms with van der Waals surface area (Å²) in [5.41, 5.74) is 3.17. The lowest BCUT2D eigenvalue weighted by molar-refractivity contribution is -0.904. The highest BCUT2D eigenvalue weighted by atomic mass is 35.5. The van der Waals surface area contributed by atoms with Crippen LogP contribution in [0.5, 0.6) is 11.5 Å². The van der Waals surface area contributed by atoms with E-state index < -0.39 is 23.9 Å². The lowest BCUT2D eigenvalue weighted by atomic mass is 9.80. The molecular formula is C38H42Cl2N3O7+. The van der Waals surface area contributed by atoms with Gasteiger partial charge in [0.05, 0.1) is 26.4 Å². The number of benzene rings is 3. The zero-order valence-electron chi connectivity index (χ0n) is 28.3. The van der Waals surface area contributed by atoms with Crippen molar-refractivity contribution in [2.24, 2.45) is 5.92 Å². The van der Waals surface area contributed by atoms with Crippen LogP contribution in [0.4, 0.5) is 0 Å². The molecule has 10 nitrogen and oxygen atoms in total. The van der Waals surface area contributed by atoms with E-state index in [1.54, 1.807) is 24.3 Å². The fraction of sp³-hybridized carbons (Fsp3) is 0.342. The van der Waals surface area contributed by atoms with Gasteiger partial charge in [-0.1, -0.05) is 71.7 Å². The Morgan fingerprint density at radius 2 is 1.62 bits per heavy atom. The number of methoxy groups -OCH3 is 2. The molecule has 4 aromatic rings. The molecule has 5 rings (SSSR count). The number of pyridine rings is 1. The maximum absolute atomic E-state index is 13.7. The number of halogens is 2. The predicted molar refractivity (Wildman–Crippen MR) is 190 cm³/mol. The monoisotopic (exact) mass is 722 g/mol. The van der Waals surface area contributed by atoms with E-state index in [9.17, 15) is 19.9 Å². The van der Waals surface area contributed by atoms with Gasteiger partial charge in [-0.15, -0.1) is 0 Å². The summed E-state index contributed by atoms with van der Waals surface area (Å²) < 4.78 is 17.8. The zero-order valence-corrected chi connectivity index (χ0v) is 29.8. The molecule has 50 heavy (non-hydrogen) atoms. The van der Waals surface area contributed by atoms with Gasteiger partial charge in [0.25, 0.3) is 0 Å². The first-order valence-electron chi connectivity index (χ1n) is 16.4. The Labute approximate surface area is 302 Å². The lowest BCUT2D eigenvalue weighted by Gasteiger charge is -2.29. The molecule has 1 aliphatic rings. The Morgan fingerprint density at radius 3 is 2.26 bits per heavy atom. The van der Waals surface area contributed by atoms with Gasteiger partial charge in [-0.05, 0) is 85.8 Å². The summed E-state index contributed by atoms with van der Waals surface area (Å²) in [6.45, 7) is 2.40. The minimum atomic E-state index is -1.12. The quantitative estimate of drug-likeness (QED) is 0.0780. The summed E-state index contributed by atoms with van der Waals surface area (Å²) in [4.78, 5) is 28.8. The number of nitrogens with one attached hydrogen (secondary N) is 1. The Kier molecular flexibility index (Phi) is 12.6. The smallest absolute Gasteiger partial charge is 0.335 e. The van der Waals surface area contributed by atoms with Crippen molar-refractivity contribution in [2.75, 3.05) is 41.0 Å². The van der Waals surface area contributed by atoms with Crippen molar-refractivity contribution >= 4 is 35.1 Å². The number of rotatable bonds is 14. The molecule has 1 fully saturated rings. The van der Waals surface area contributed by atoms with Crippen molar-refractivity contribution in [1.29, 1.82) is 0 Å². The van der Waals surface area contributed by atoms with Crippen LogP contribution in [0.3, 0.4) is 0 Å². The van der Waals surface area contributed by atoms with E-state index in [2.05, 4.69) is 17.3 Å². The van der Waals surface area contributed by atoms with Crippen molar-refractivity contribution in [3.05, 3.63) is 123 Å². The SMILES string of the molecule is COc1ccc([C@H](Cc2c(Cl)c[n+](O)cc2Cl)c2c(CNC(C(=O)OCC3CCN(C)CC3)c3ccccc3)cccc2C(=O)O)cc1OC. The zero-order chi connectivity index (χ0) is 35.8. The summed E-state index contributed by atoms with van der Waals surface area (Å²) in [6, 6.07) is 19.0. The first-order chi connectivity index (χ1) is 24.1. The third kappa shape index (κ3) is 8.86. The van der Waals surface area contributed by atoms with E-state index in [1.165, 1.54) is 26.6 Å². The average molecular weight is 724 g/mol. The van der Waals surface area contributed by atoms with Gasteiger partial charge in [0.1, 0.15) is 16.1 Å². The average Bonchev–Trinajstić information content (AvgIpc) is 3.11. The van der Waals surface area contributed by atoms with Gasteiger partial charge < -0.3 is 24.2 Å². The van der Waals surface area contributed by atoms with Gasteiger partial charge in [0.2, 0.25) is 12.4 Å². The molecule has 1 aliphatic heterocycles. The second-order valence-corrected chi connectivity index (χ2v) is 13.3. The van der Waals surface area contributed by atoms with Crippen LogP contribution in [0.1, 0.15) is 63.0 Å². The topological polar surface area (TPSA) is 121 Å². The van der Waals surface area contributed by atoms with Crippen LogP contribution in [-0.4, -0.2) is 68.1 Å². The number of carbonyl (C=O) groups is 2. The number of nitrogens with zero attached hydrogens (tertiary/aromatic N) is 2. The van der Waals surface area contributed by atoms with Crippen molar-refractivity contribution < 1.29 is 38.8 Å². The summed E-state index contributed by atoms with van der Waals surface area (Å²) >= 11 is 13.2. The van der Waals surface area contributed by atoms with E-state index in [4.69, 9.17) is 37.4 Å². The molecular weight excluding hydrogens is 681 g/mol. The highest BCUT2D eigenvalue weighted by Gasteiger charge is 2.30. The van der Waals surface area contributed by atoms with Gasteiger partial charge in [0, 0.05) is 22.8 Å². The highest BCUT2D eigenvalue weighted by Crippen LogP contribution is 2.40. The van der Waals surface area contributed by atoms with E-state index in [0.717, 1.165) is 36.2 Å². The van der Waals surface area contributed by atoms with Crippen LogP contribution in [0.25, 0.3) is 0 Å². The van der Waals surface area contributed by atoms with Crippen LogP contribution >= 0.6 is 23.2 Å². The number of aromatic carboxylic acids is 1. The molecule has 0 saturated carbocycles. The van der Waals surface area contributed by atoms with Gasteiger partial charge in [-0.25, -0.2) is 9.59 Å². The molecule has 2 heterocycles. The van der Waals surface area contributed by atoms with E-state index in [0.29, 0.717) is 46.3 Å². The third-order valence-electron chi connectivity index (χ3n) is 9.23. The summed E-state index contributed by atoms with van der Waals surface area (Å²) in [5, 5.41) is 24.3. The lowest BCUT2D eigenvalue weighted by Crippen LogP contribution is -2.35. The van der Waals surface area contributed by atoms with Gasteiger partial charge in [-0.2, -0.15) is 0 Å². The Hall–Kier alpha value is -4.35. The van der Waals surface area contributed by atoms with Crippen LogP contribution in [-0.2, 0) is 22.5 Å². The predicted octanol–water partition coefficient (Wildman–Crippen LogP) is 6.32. The minimum Gasteiger partial charge on any atom is -0.493 e. The van der Waals surface area contributed by atoms with Crippen LogP contribution in [0.15, 0.2) is 79.1 Å². The Balaban J connectivity index is 1.55. The number of hydrogen-bond acceptors (Lipinski definition) is 8. The van der Waals surface area contributed by atoms with Gasteiger partial charge in [0.15, 0.2) is 11.5 Å². The van der Waals surface area contributed by atoms with Crippen molar-refractivity contribution in [3.63, 3.8) is 0 Å². The molecule has 0 aliphatic carbocycles. The van der Waals surface area contributed by atoms with E-state index in [1.807, 2.05) is 42.5 Å². The van der Waals surface area contributed by atoms with Crippen LogP contribution in [0.2, 0.25) is 10.0 Å². The van der Waals surface area contributed by atoms with Crippen molar-refractivity contribution in [1.82, 2.24) is 10.2 Å². The number of esters is 1. The Morgan fingerprint density at radius 1 is 0.940 bits per heavy atom. The fourth-order valence-corrected chi connectivity index (χ4v) is 7.07. The number of aromatic nitrogens is 1. The van der Waals surface area contributed by atoms with Crippen LogP contribution in [0, 0.1) is 5.92 Å². The number of ether oxygens (including phenoxy) is 3. The summed E-state index contributed by atoms with van der Waals surface area (Å²) in [6.07, 6.45) is 4.74. The number of carbonyl (C=O) groups excluding carboxylic acids is 1. The van der Waals surface area contributed by atoms with E-state index in [-0.39, 0.29) is 28.6 Å². The molecule has 0 spiro atoms. The number of likely N-dealkylation sites (tertiary alicyclic amines) is 1. The largest absolute Gasteiger partial charge is 0.493 e. The molecule has 0 amide bonds. The molecule has 3 N–H and O–H groups in total.